The number of aromatic nitrogens is 1. The molecule has 2 atom stereocenters. The second-order valence-electron chi connectivity index (χ2n) is 4.71. The third-order valence-corrected chi connectivity index (χ3v) is 3.75. The normalized spacial score (nSPS) is 24.0. The Kier molecular flexibility index (Phi) is 3.75. The lowest BCUT2D eigenvalue weighted by molar-refractivity contribution is -0.144. The number of nitrogens with zero attached hydrogens (tertiary/aromatic N) is 1. The van der Waals surface area contributed by atoms with Gasteiger partial charge in [0.25, 0.3) is 5.91 Å². The molecule has 1 aromatic rings. The number of carboxylic acid groups (broad SMARTS) is 1. The van der Waals surface area contributed by atoms with Gasteiger partial charge in [0.15, 0.2) is 0 Å². The van der Waals surface area contributed by atoms with Crippen LogP contribution in [0, 0.1) is 5.92 Å². The Morgan fingerprint density at radius 2 is 2.28 bits per heavy atom. The smallest absolute Gasteiger partial charge is 0.326 e. The fourth-order valence-corrected chi connectivity index (χ4v) is 2.61. The van der Waals surface area contributed by atoms with E-state index < -0.39 is 12.0 Å². The van der Waals surface area contributed by atoms with Gasteiger partial charge in [-0.3, -0.25) is 4.79 Å². The molecule has 0 aliphatic carbocycles. The van der Waals surface area contributed by atoms with Crippen LogP contribution in [0.1, 0.15) is 30.3 Å². The van der Waals surface area contributed by atoms with Gasteiger partial charge in [-0.1, -0.05) is 6.92 Å². The maximum atomic E-state index is 12.2. The molecule has 1 aliphatic rings. The summed E-state index contributed by atoms with van der Waals surface area (Å²) in [5.41, 5.74) is 0.419. The van der Waals surface area contributed by atoms with Gasteiger partial charge in [-0.25, -0.2) is 4.79 Å². The van der Waals surface area contributed by atoms with E-state index in [0.29, 0.717) is 24.6 Å². The summed E-state index contributed by atoms with van der Waals surface area (Å²) >= 11 is 3.26. The SMILES string of the molecule is CC1CCN(C(=O)c2cc(Br)c[nH]2)C(C(=O)O)C1. The van der Waals surface area contributed by atoms with Gasteiger partial charge in [0, 0.05) is 17.2 Å². The van der Waals surface area contributed by atoms with Crippen LogP contribution in [0.3, 0.4) is 0 Å². The van der Waals surface area contributed by atoms with E-state index in [-0.39, 0.29) is 5.91 Å². The van der Waals surface area contributed by atoms with Crippen molar-refractivity contribution in [1.29, 1.82) is 0 Å². The van der Waals surface area contributed by atoms with E-state index in [1.54, 1.807) is 12.3 Å². The molecule has 2 unspecified atom stereocenters. The van der Waals surface area contributed by atoms with Gasteiger partial charge in [0.2, 0.25) is 0 Å². The fourth-order valence-electron chi connectivity index (χ4n) is 2.26. The maximum absolute atomic E-state index is 12.2. The van der Waals surface area contributed by atoms with Gasteiger partial charge in [0.05, 0.1) is 0 Å². The molecule has 0 bridgehead atoms. The number of hydrogen-bond acceptors (Lipinski definition) is 2. The summed E-state index contributed by atoms with van der Waals surface area (Å²) in [7, 11) is 0. The number of likely N-dealkylation sites (tertiary alicyclic amines) is 1. The van der Waals surface area contributed by atoms with Crippen molar-refractivity contribution in [2.45, 2.75) is 25.8 Å². The molecule has 1 aromatic heterocycles. The summed E-state index contributed by atoms with van der Waals surface area (Å²) in [6.07, 6.45) is 3.02. The highest BCUT2D eigenvalue weighted by molar-refractivity contribution is 9.10. The Morgan fingerprint density at radius 1 is 1.56 bits per heavy atom. The number of piperidine rings is 1. The number of rotatable bonds is 2. The second kappa shape index (κ2) is 5.14. The van der Waals surface area contributed by atoms with Crippen LogP contribution in [-0.4, -0.2) is 39.5 Å². The number of aliphatic carboxylic acids is 1. The molecule has 1 saturated heterocycles. The highest BCUT2D eigenvalue weighted by Gasteiger charge is 2.35. The quantitative estimate of drug-likeness (QED) is 0.878. The van der Waals surface area contributed by atoms with Crippen molar-refractivity contribution in [2.75, 3.05) is 6.54 Å². The molecular weight excluding hydrogens is 300 g/mol. The van der Waals surface area contributed by atoms with Gasteiger partial charge in [-0.05, 0) is 40.8 Å². The van der Waals surface area contributed by atoms with Gasteiger partial charge in [0.1, 0.15) is 11.7 Å². The van der Waals surface area contributed by atoms with Crippen LogP contribution in [0.4, 0.5) is 0 Å². The van der Waals surface area contributed by atoms with Crippen molar-refractivity contribution in [3.8, 4) is 0 Å². The summed E-state index contributed by atoms with van der Waals surface area (Å²) in [6.45, 7) is 2.51. The highest BCUT2D eigenvalue weighted by atomic mass is 79.9. The van der Waals surface area contributed by atoms with Crippen molar-refractivity contribution in [3.63, 3.8) is 0 Å². The molecule has 6 heteroatoms. The third-order valence-electron chi connectivity index (χ3n) is 3.29. The largest absolute Gasteiger partial charge is 0.480 e. The number of aromatic amines is 1. The topological polar surface area (TPSA) is 73.4 Å². The van der Waals surface area contributed by atoms with E-state index in [0.717, 1.165) is 10.9 Å². The summed E-state index contributed by atoms with van der Waals surface area (Å²) in [6, 6.07) is 0.947. The van der Waals surface area contributed by atoms with E-state index in [1.807, 2.05) is 6.92 Å². The van der Waals surface area contributed by atoms with Crippen molar-refractivity contribution >= 4 is 27.8 Å². The Bertz CT molecular complexity index is 472. The van der Waals surface area contributed by atoms with Crippen molar-refractivity contribution in [1.82, 2.24) is 9.88 Å². The molecule has 98 valence electrons. The van der Waals surface area contributed by atoms with Crippen LogP contribution in [0.2, 0.25) is 0 Å². The number of carboxylic acids is 1. The summed E-state index contributed by atoms with van der Waals surface area (Å²) in [5.74, 6) is -0.842. The lowest BCUT2D eigenvalue weighted by atomic mass is 9.92. The predicted molar refractivity (Wildman–Crippen MR) is 69.4 cm³/mol. The van der Waals surface area contributed by atoms with Crippen LogP contribution in [0.25, 0.3) is 0 Å². The number of carbonyl (C=O) groups is 2. The van der Waals surface area contributed by atoms with Crippen LogP contribution in [0.5, 0.6) is 0 Å². The van der Waals surface area contributed by atoms with E-state index in [2.05, 4.69) is 20.9 Å². The summed E-state index contributed by atoms with van der Waals surface area (Å²) in [5, 5.41) is 9.21. The average Bonchev–Trinajstić information content (AvgIpc) is 2.75. The predicted octanol–water partition coefficient (Wildman–Crippen LogP) is 2.10. The third kappa shape index (κ3) is 2.58. The number of H-pyrrole nitrogens is 1. The highest BCUT2D eigenvalue weighted by Crippen LogP contribution is 2.24. The molecule has 1 fully saturated rings. The Hall–Kier alpha value is -1.30. The number of hydrogen-bond donors (Lipinski definition) is 2. The minimum absolute atomic E-state index is 0.250. The molecule has 18 heavy (non-hydrogen) atoms. The molecular formula is C12H15BrN2O3. The number of amides is 1. The molecule has 2 rings (SSSR count). The first-order valence-electron chi connectivity index (χ1n) is 5.86. The van der Waals surface area contributed by atoms with Crippen molar-refractivity contribution in [3.05, 3.63) is 22.4 Å². The lowest BCUT2D eigenvalue weighted by Crippen LogP contribution is -2.49. The van der Waals surface area contributed by atoms with Crippen LogP contribution < -0.4 is 0 Å². The molecule has 0 saturated carbocycles. The zero-order chi connectivity index (χ0) is 13.3. The summed E-state index contributed by atoms with van der Waals surface area (Å²) in [4.78, 5) is 27.8. The second-order valence-corrected chi connectivity index (χ2v) is 5.63. The van der Waals surface area contributed by atoms with Gasteiger partial charge in [-0.15, -0.1) is 0 Å². The van der Waals surface area contributed by atoms with E-state index in [4.69, 9.17) is 0 Å². The first-order valence-corrected chi connectivity index (χ1v) is 6.66. The van der Waals surface area contributed by atoms with Gasteiger partial charge < -0.3 is 15.0 Å². The zero-order valence-electron chi connectivity index (χ0n) is 10.0. The molecule has 1 aliphatic heterocycles. The average molecular weight is 315 g/mol. The molecule has 0 aromatic carbocycles. The zero-order valence-corrected chi connectivity index (χ0v) is 11.6. The number of halogens is 1. The van der Waals surface area contributed by atoms with Crippen LogP contribution in [-0.2, 0) is 4.79 Å². The standard InChI is InChI=1S/C12H15BrN2O3/c1-7-2-3-15(10(4-7)12(17)18)11(16)9-5-8(13)6-14-9/h5-7,10,14H,2-4H2,1H3,(H,17,18). The minimum atomic E-state index is -0.930. The summed E-state index contributed by atoms with van der Waals surface area (Å²) < 4.78 is 0.781. The van der Waals surface area contributed by atoms with Crippen LogP contribution >= 0.6 is 15.9 Å². The Labute approximate surface area is 113 Å². The first kappa shape index (κ1) is 13.1. The molecule has 2 N–H and O–H groups in total. The van der Waals surface area contributed by atoms with E-state index >= 15 is 0 Å². The Balaban J connectivity index is 2.20. The monoisotopic (exact) mass is 314 g/mol. The molecule has 5 nitrogen and oxygen atoms in total. The maximum Gasteiger partial charge on any atom is 0.326 e. The molecule has 1 amide bonds. The first-order chi connectivity index (χ1) is 8.49. The lowest BCUT2D eigenvalue weighted by Gasteiger charge is -2.35. The molecule has 2 heterocycles. The van der Waals surface area contributed by atoms with Crippen LogP contribution in [0.15, 0.2) is 16.7 Å². The Morgan fingerprint density at radius 3 is 2.83 bits per heavy atom. The fraction of sp³-hybridized carbons (Fsp3) is 0.500. The van der Waals surface area contributed by atoms with E-state index in [9.17, 15) is 14.7 Å². The van der Waals surface area contributed by atoms with Gasteiger partial charge >= 0.3 is 5.97 Å². The number of nitrogens with one attached hydrogen (secondary N) is 1. The van der Waals surface area contributed by atoms with Crippen molar-refractivity contribution < 1.29 is 14.7 Å². The van der Waals surface area contributed by atoms with Crippen molar-refractivity contribution in [2.24, 2.45) is 5.92 Å². The number of carbonyl (C=O) groups excluding carboxylic acids is 1. The minimum Gasteiger partial charge on any atom is -0.480 e. The van der Waals surface area contributed by atoms with Gasteiger partial charge in [-0.2, -0.15) is 0 Å². The van der Waals surface area contributed by atoms with E-state index in [1.165, 1.54) is 4.90 Å². The molecule has 0 spiro atoms. The molecule has 0 radical (unpaired) electrons.